The zero-order valence-electron chi connectivity index (χ0n) is 23.2. The van der Waals surface area contributed by atoms with Gasteiger partial charge in [0.05, 0.1) is 5.56 Å². The van der Waals surface area contributed by atoms with Crippen LogP contribution in [0.2, 0.25) is 0 Å². The maximum Gasteiger partial charge on any atom is 0.317 e. The van der Waals surface area contributed by atoms with E-state index in [0.717, 1.165) is 56.6 Å². The van der Waals surface area contributed by atoms with E-state index in [1.165, 1.54) is 0 Å². The highest BCUT2D eigenvalue weighted by Crippen LogP contribution is 2.28. The van der Waals surface area contributed by atoms with Crippen LogP contribution in [0.3, 0.4) is 0 Å². The van der Waals surface area contributed by atoms with Crippen molar-refractivity contribution in [3.05, 3.63) is 59.2 Å². The van der Waals surface area contributed by atoms with Crippen LogP contribution in [0.5, 0.6) is 0 Å². The molecule has 0 saturated carbocycles. The fraction of sp³-hybridized carbons (Fsp3) is 0.500. The lowest BCUT2D eigenvalue weighted by atomic mass is 10.1. The highest BCUT2D eigenvalue weighted by atomic mass is 16.2. The van der Waals surface area contributed by atoms with Crippen LogP contribution in [0.4, 0.5) is 16.2 Å². The van der Waals surface area contributed by atoms with Gasteiger partial charge in [0.25, 0.3) is 11.8 Å². The lowest BCUT2D eigenvalue weighted by Crippen LogP contribution is -2.49. The zero-order valence-corrected chi connectivity index (χ0v) is 23.2. The lowest BCUT2D eigenvalue weighted by molar-refractivity contribution is 0.0724. The van der Waals surface area contributed by atoms with E-state index in [9.17, 15) is 14.4 Å². The number of rotatable bonds is 4. The van der Waals surface area contributed by atoms with Gasteiger partial charge in [-0.2, -0.15) is 0 Å². The number of aryl methyl sites for hydroxylation is 1. The van der Waals surface area contributed by atoms with Crippen molar-refractivity contribution in [3.8, 4) is 0 Å². The van der Waals surface area contributed by atoms with Gasteiger partial charge in [0, 0.05) is 61.7 Å². The molecule has 8 heteroatoms. The van der Waals surface area contributed by atoms with Crippen molar-refractivity contribution < 1.29 is 14.4 Å². The first-order chi connectivity index (χ1) is 18.1. The van der Waals surface area contributed by atoms with Crippen LogP contribution >= 0.6 is 0 Å². The topological polar surface area (TPSA) is 85.0 Å². The maximum absolute atomic E-state index is 13.7. The Morgan fingerprint density at radius 3 is 2.13 bits per heavy atom. The van der Waals surface area contributed by atoms with Gasteiger partial charge in [-0.25, -0.2) is 4.79 Å². The third kappa shape index (κ3) is 7.05. The fourth-order valence-electron chi connectivity index (χ4n) is 5.00. The number of benzene rings is 2. The largest absolute Gasteiger partial charge is 0.369 e. The number of nitrogens with zero attached hydrogens (tertiary/aromatic N) is 3. The van der Waals surface area contributed by atoms with E-state index in [2.05, 4.69) is 15.5 Å². The minimum atomic E-state index is -0.296. The summed E-state index contributed by atoms with van der Waals surface area (Å²) in [5.41, 5.74) is 3.42. The van der Waals surface area contributed by atoms with E-state index in [4.69, 9.17) is 0 Å². The average molecular weight is 520 g/mol. The second kappa shape index (κ2) is 11.9. The van der Waals surface area contributed by atoms with Crippen LogP contribution in [0.1, 0.15) is 72.7 Å². The zero-order chi connectivity index (χ0) is 27.3. The molecule has 0 atom stereocenters. The normalized spacial score (nSPS) is 16.6. The van der Waals surface area contributed by atoms with Gasteiger partial charge in [0.2, 0.25) is 0 Å². The summed E-state index contributed by atoms with van der Waals surface area (Å²) < 4.78 is 0. The minimum absolute atomic E-state index is 0.00212. The summed E-state index contributed by atoms with van der Waals surface area (Å²) in [6.07, 6.45) is 3.96. The van der Waals surface area contributed by atoms with Gasteiger partial charge >= 0.3 is 6.03 Å². The third-order valence-corrected chi connectivity index (χ3v) is 7.05. The number of hydrogen-bond acceptors (Lipinski definition) is 4. The molecule has 0 radical (unpaired) electrons. The molecule has 0 aromatic heterocycles. The lowest BCUT2D eigenvalue weighted by Gasteiger charge is -2.31. The van der Waals surface area contributed by atoms with Crippen molar-refractivity contribution >= 4 is 29.2 Å². The summed E-state index contributed by atoms with van der Waals surface area (Å²) in [5.74, 6) is -0.206. The molecule has 0 bridgehead atoms. The standard InChI is InChI=1S/C30H41N5O3/c1-22-9-11-23(12-10-22)27(36)31-24-13-14-26(25(21-24)28(37)34-15-6-5-7-16-34)33-17-8-18-35(20-19-33)29(38)32-30(2,3)4/h9-14,21H,5-8,15-20H2,1-4H3,(H,31,36)(H,32,38). The molecule has 0 aliphatic carbocycles. The van der Waals surface area contributed by atoms with E-state index in [1.807, 2.05) is 67.8 Å². The second-order valence-corrected chi connectivity index (χ2v) is 11.4. The van der Waals surface area contributed by atoms with Gasteiger partial charge in [0.15, 0.2) is 0 Å². The van der Waals surface area contributed by atoms with E-state index in [-0.39, 0.29) is 23.4 Å². The molecule has 2 heterocycles. The predicted molar refractivity (Wildman–Crippen MR) is 152 cm³/mol. The molecule has 0 unspecified atom stereocenters. The van der Waals surface area contributed by atoms with Crippen molar-refractivity contribution in [1.82, 2.24) is 15.1 Å². The molecule has 204 valence electrons. The SMILES string of the molecule is Cc1ccc(C(=O)Nc2ccc(N3CCCN(C(=O)NC(C)(C)C)CC3)c(C(=O)N3CCCCC3)c2)cc1. The number of carbonyl (C=O) groups excluding carboxylic acids is 3. The first-order valence-corrected chi connectivity index (χ1v) is 13.7. The molecular weight excluding hydrogens is 478 g/mol. The quantitative estimate of drug-likeness (QED) is 0.602. The summed E-state index contributed by atoms with van der Waals surface area (Å²) >= 11 is 0. The van der Waals surface area contributed by atoms with E-state index >= 15 is 0 Å². The Balaban J connectivity index is 1.56. The Morgan fingerprint density at radius 2 is 1.45 bits per heavy atom. The molecule has 4 rings (SSSR count). The van der Waals surface area contributed by atoms with Crippen LogP contribution in [-0.2, 0) is 0 Å². The molecule has 8 nitrogen and oxygen atoms in total. The second-order valence-electron chi connectivity index (χ2n) is 11.4. The minimum Gasteiger partial charge on any atom is -0.369 e. The Hall–Kier alpha value is -3.55. The number of amides is 4. The summed E-state index contributed by atoms with van der Waals surface area (Å²) in [6.45, 7) is 12.0. The van der Waals surface area contributed by atoms with Crippen molar-refractivity contribution in [2.45, 2.75) is 58.9 Å². The molecule has 2 aromatic rings. The Labute approximate surface area is 226 Å². The summed E-state index contributed by atoms with van der Waals surface area (Å²) in [4.78, 5) is 45.4. The van der Waals surface area contributed by atoms with Crippen molar-refractivity contribution in [1.29, 1.82) is 0 Å². The Kier molecular flexibility index (Phi) is 8.59. The molecule has 2 aromatic carbocycles. The molecule has 2 aliphatic heterocycles. The summed E-state index contributed by atoms with van der Waals surface area (Å²) in [5, 5.41) is 6.03. The van der Waals surface area contributed by atoms with Gasteiger partial charge in [-0.15, -0.1) is 0 Å². The van der Waals surface area contributed by atoms with Crippen molar-refractivity contribution in [2.24, 2.45) is 0 Å². The van der Waals surface area contributed by atoms with Gasteiger partial charge in [-0.05, 0) is 83.7 Å². The maximum atomic E-state index is 13.7. The summed E-state index contributed by atoms with van der Waals surface area (Å²) in [7, 11) is 0. The van der Waals surface area contributed by atoms with Crippen LogP contribution in [0.15, 0.2) is 42.5 Å². The molecule has 38 heavy (non-hydrogen) atoms. The Morgan fingerprint density at radius 1 is 0.763 bits per heavy atom. The molecule has 2 N–H and O–H groups in total. The molecule has 2 aliphatic rings. The smallest absolute Gasteiger partial charge is 0.317 e. The van der Waals surface area contributed by atoms with Gasteiger partial charge < -0.3 is 25.3 Å². The number of piperidine rings is 1. The first kappa shape index (κ1) is 27.5. The van der Waals surface area contributed by atoms with E-state index in [0.29, 0.717) is 36.4 Å². The van der Waals surface area contributed by atoms with Crippen LogP contribution in [0, 0.1) is 6.92 Å². The third-order valence-electron chi connectivity index (χ3n) is 7.05. The molecule has 0 spiro atoms. The first-order valence-electron chi connectivity index (χ1n) is 13.7. The number of carbonyl (C=O) groups is 3. The predicted octanol–water partition coefficient (Wildman–Crippen LogP) is 4.89. The fourth-order valence-corrected chi connectivity index (χ4v) is 5.00. The van der Waals surface area contributed by atoms with Crippen molar-refractivity contribution in [3.63, 3.8) is 0 Å². The highest BCUT2D eigenvalue weighted by molar-refractivity contribution is 6.06. The number of nitrogens with one attached hydrogen (secondary N) is 2. The van der Waals surface area contributed by atoms with E-state index in [1.54, 1.807) is 12.1 Å². The number of anilines is 2. The van der Waals surface area contributed by atoms with Gasteiger partial charge in [-0.1, -0.05) is 17.7 Å². The highest BCUT2D eigenvalue weighted by Gasteiger charge is 2.27. The monoisotopic (exact) mass is 519 g/mol. The van der Waals surface area contributed by atoms with Gasteiger partial charge in [0.1, 0.15) is 0 Å². The van der Waals surface area contributed by atoms with E-state index < -0.39 is 0 Å². The van der Waals surface area contributed by atoms with Crippen LogP contribution < -0.4 is 15.5 Å². The molecule has 2 saturated heterocycles. The number of hydrogen-bond donors (Lipinski definition) is 2. The molecular formula is C30H41N5O3. The van der Waals surface area contributed by atoms with Gasteiger partial charge in [-0.3, -0.25) is 9.59 Å². The molecule has 2 fully saturated rings. The number of urea groups is 1. The molecule has 4 amide bonds. The number of likely N-dealkylation sites (tertiary alicyclic amines) is 1. The van der Waals surface area contributed by atoms with Crippen molar-refractivity contribution in [2.75, 3.05) is 49.5 Å². The van der Waals surface area contributed by atoms with Crippen LogP contribution in [0.25, 0.3) is 0 Å². The Bertz CT molecular complexity index is 1150. The van der Waals surface area contributed by atoms with Crippen LogP contribution in [-0.4, -0.2) is 72.5 Å². The average Bonchev–Trinajstić information content (AvgIpc) is 3.15. The summed E-state index contributed by atoms with van der Waals surface area (Å²) in [6, 6.07) is 13.0.